The summed E-state index contributed by atoms with van der Waals surface area (Å²) in [6.07, 6.45) is 0. The number of nitrogens with two attached hydrogens (primary N) is 2. The van der Waals surface area contributed by atoms with Gasteiger partial charge in [-0.05, 0) is 18.2 Å². The third-order valence-electron chi connectivity index (χ3n) is 2.90. The van der Waals surface area contributed by atoms with Crippen molar-refractivity contribution in [2.75, 3.05) is 13.2 Å². The van der Waals surface area contributed by atoms with Crippen LogP contribution in [0.25, 0.3) is 0 Å². The molecule has 3 nitrogen and oxygen atoms in total. The minimum atomic E-state index is -0.194. The number of ether oxygens (including phenoxy) is 1. The van der Waals surface area contributed by atoms with Crippen molar-refractivity contribution in [1.82, 2.24) is 0 Å². The van der Waals surface area contributed by atoms with Crippen molar-refractivity contribution in [3.8, 4) is 5.75 Å². The summed E-state index contributed by atoms with van der Waals surface area (Å²) >= 11 is 12.3. The van der Waals surface area contributed by atoms with E-state index < -0.39 is 0 Å². The molecule has 0 aliphatic carbocycles. The van der Waals surface area contributed by atoms with Gasteiger partial charge >= 0.3 is 0 Å². The monoisotopic (exact) mass is 260 g/mol. The maximum absolute atomic E-state index is 6.38. The summed E-state index contributed by atoms with van der Waals surface area (Å²) in [5.41, 5.74) is 12.4. The van der Waals surface area contributed by atoms with Crippen LogP contribution in [0.15, 0.2) is 18.2 Å². The maximum atomic E-state index is 6.38. The second-order valence-electron chi connectivity index (χ2n) is 3.96. The molecule has 3 atom stereocenters. The quantitative estimate of drug-likeness (QED) is 0.799. The molecule has 88 valence electrons. The molecule has 1 aromatic rings. The Morgan fingerprint density at radius 1 is 1.50 bits per heavy atom. The Morgan fingerprint density at radius 2 is 2.25 bits per heavy atom. The molecule has 1 aromatic carbocycles. The summed E-state index contributed by atoms with van der Waals surface area (Å²) in [6.45, 7) is 0.897. The molecule has 4 N–H and O–H groups in total. The van der Waals surface area contributed by atoms with Crippen LogP contribution in [0, 0.1) is 5.92 Å². The summed E-state index contributed by atoms with van der Waals surface area (Å²) in [4.78, 5) is 0. The van der Waals surface area contributed by atoms with Gasteiger partial charge in [-0.2, -0.15) is 0 Å². The standard InChI is InChI=1S/C11H14Cl2N2O/c12-6-1-2-10-7(3-6)11(13)8(5-16-10)9(15)4-14/h1-3,8-9,11H,4-5,14-15H2. The highest BCUT2D eigenvalue weighted by molar-refractivity contribution is 6.31. The van der Waals surface area contributed by atoms with Crippen molar-refractivity contribution in [2.24, 2.45) is 17.4 Å². The number of fused-ring (bicyclic) bond motifs is 1. The van der Waals surface area contributed by atoms with Crippen LogP contribution in [0.2, 0.25) is 5.02 Å². The average Bonchev–Trinajstić information content (AvgIpc) is 2.29. The number of benzene rings is 1. The average molecular weight is 261 g/mol. The molecule has 0 aromatic heterocycles. The molecule has 16 heavy (non-hydrogen) atoms. The predicted octanol–water partition coefficient (Wildman–Crippen LogP) is 1.91. The largest absolute Gasteiger partial charge is 0.493 e. The van der Waals surface area contributed by atoms with E-state index in [9.17, 15) is 0 Å². The van der Waals surface area contributed by atoms with Gasteiger partial charge in [0.1, 0.15) is 5.75 Å². The zero-order valence-corrected chi connectivity index (χ0v) is 10.2. The van der Waals surface area contributed by atoms with Crippen LogP contribution in [0.1, 0.15) is 10.9 Å². The van der Waals surface area contributed by atoms with Gasteiger partial charge in [-0.15, -0.1) is 11.6 Å². The Bertz CT molecular complexity index is 386. The maximum Gasteiger partial charge on any atom is 0.124 e. The zero-order valence-electron chi connectivity index (χ0n) is 8.70. The van der Waals surface area contributed by atoms with Crippen molar-refractivity contribution < 1.29 is 4.74 Å². The minimum Gasteiger partial charge on any atom is -0.493 e. The molecule has 0 radical (unpaired) electrons. The molecule has 1 aliphatic heterocycles. The first-order chi connectivity index (χ1) is 7.63. The Balaban J connectivity index is 2.30. The molecule has 3 unspecified atom stereocenters. The smallest absolute Gasteiger partial charge is 0.124 e. The first-order valence-electron chi connectivity index (χ1n) is 5.15. The SMILES string of the molecule is NCC(N)C1COc2ccc(Cl)cc2C1Cl. The number of alkyl halides is 1. The first kappa shape index (κ1) is 12.0. The first-order valence-corrected chi connectivity index (χ1v) is 5.97. The second-order valence-corrected chi connectivity index (χ2v) is 4.86. The summed E-state index contributed by atoms with van der Waals surface area (Å²) in [7, 11) is 0. The third kappa shape index (κ3) is 2.13. The number of hydrogen-bond donors (Lipinski definition) is 2. The highest BCUT2D eigenvalue weighted by atomic mass is 35.5. The summed E-state index contributed by atoms with van der Waals surface area (Å²) in [5, 5.41) is 0.455. The predicted molar refractivity (Wildman–Crippen MR) is 66.1 cm³/mol. The molecule has 2 rings (SSSR count). The molecule has 0 fully saturated rings. The Hall–Kier alpha value is -0.480. The van der Waals surface area contributed by atoms with Gasteiger partial charge in [0, 0.05) is 29.1 Å². The van der Waals surface area contributed by atoms with Gasteiger partial charge in [0.05, 0.1) is 12.0 Å². The molecular weight excluding hydrogens is 247 g/mol. The lowest BCUT2D eigenvalue weighted by atomic mass is 9.90. The van der Waals surface area contributed by atoms with Gasteiger partial charge in [-0.3, -0.25) is 0 Å². The number of hydrogen-bond acceptors (Lipinski definition) is 3. The second kappa shape index (κ2) is 4.80. The van der Waals surface area contributed by atoms with Gasteiger partial charge in [-0.25, -0.2) is 0 Å². The Morgan fingerprint density at radius 3 is 2.94 bits per heavy atom. The van der Waals surface area contributed by atoms with E-state index in [0.29, 0.717) is 18.2 Å². The van der Waals surface area contributed by atoms with Crippen molar-refractivity contribution >= 4 is 23.2 Å². The summed E-state index contributed by atoms with van der Waals surface area (Å²) in [6, 6.07) is 5.28. The van der Waals surface area contributed by atoms with E-state index in [1.165, 1.54) is 0 Å². The molecule has 0 bridgehead atoms. The zero-order chi connectivity index (χ0) is 11.7. The molecule has 0 amide bonds. The van der Waals surface area contributed by atoms with Gasteiger partial charge in [0.2, 0.25) is 0 Å². The molecule has 1 heterocycles. The Labute approximate surface area is 105 Å². The van der Waals surface area contributed by atoms with Crippen molar-refractivity contribution in [3.63, 3.8) is 0 Å². The molecular formula is C11H14Cl2N2O. The van der Waals surface area contributed by atoms with E-state index in [2.05, 4.69) is 0 Å². The minimum absolute atomic E-state index is 0.0256. The van der Waals surface area contributed by atoms with Crippen LogP contribution in [0.5, 0.6) is 5.75 Å². The van der Waals surface area contributed by atoms with E-state index in [4.69, 9.17) is 39.4 Å². The van der Waals surface area contributed by atoms with E-state index in [1.807, 2.05) is 12.1 Å². The lowest BCUT2D eigenvalue weighted by molar-refractivity contribution is 0.196. The van der Waals surface area contributed by atoms with Gasteiger partial charge < -0.3 is 16.2 Å². The van der Waals surface area contributed by atoms with Gasteiger partial charge in [0.15, 0.2) is 0 Å². The van der Waals surface area contributed by atoms with Crippen LogP contribution < -0.4 is 16.2 Å². The molecule has 0 saturated heterocycles. The van der Waals surface area contributed by atoms with Crippen molar-refractivity contribution in [3.05, 3.63) is 28.8 Å². The highest BCUT2D eigenvalue weighted by Crippen LogP contribution is 2.41. The molecule has 0 spiro atoms. The van der Waals surface area contributed by atoms with Crippen LogP contribution >= 0.6 is 23.2 Å². The molecule has 1 aliphatic rings. The fraction of sp³-hybridized carbons (Fsp3) is 0.455. The van der Waals surface area contributed by atoms with Crippen molar-refractivity contribution in [1.29, 1.82) is 0 Å². The normalized spacial score (nSPS) is 25.8. The van der Waals surface area contributed by atoms with E-state index in [0.717, 1.165) is 11.3 Å². The fourth-order valence-corrected chi connectivity index (χ4v) is 2.49. The summed E-state index contributed by atoms with van der Waals surface area (Å²) in [5.74, 6) is 0.808. The van der Waals surface area contributed by atoms with E-state index in [1.54, 1.807) is 6.07 Å². The van der Waals surface area contributed by atoms with Crippen LogP contribution in [0.4, 0.5) is 0 Å². The Kier molecular flexibility index (Phi) is 3.60. The van der Waals surface area contributed by atoms with Gasteiger partial charge in [0.25, 0.3) is 0 Å². The van der Waals surface area contributed by atoms with E-state index >= 15 is 0 Å². The van der Waals surface area contributed by atoms with Crippen LogP contribution in [0.3, 0.4) is 0 Å². The molecule has 5 heteroatoms. The van der Waals surface area contributed by atoms with Crippen LogP contribution in [-0.2, 0) is 0 Å². The molecule has 0 saturated carbocycles. The summed E-state index contributed by atoms with van der Waals surface area (Å²) < 4.78 is 5.61. The fourth-order valence-electron chi connectivity index (χ4n) is 1.88. The highest BCUT2D eigenvalue weighted by Gasteiger charge is 2.33. The third-order valence-corrected chi connectivity index (χ3v) is 3.69. The van der Waals surface area contributed by atoms with Crippen molar-refractivity contribution in [2.45, 2.75) is 11.4 Å². The lowest BCUT2D eigenvalue weighted by Crippen LogP contribution is -2.43. The van der Waals surface area contributed by atoms with Crippen LogP contribution in [-0.4, -0.2) is 19.2 Å². The van der Waals surface area contributed by atoms with Gasteiger partial charge in [-0.1, -0.05) is 11.6 Å². The lowest BCUT2D eigenvalue weighted by Gasteiger charge is -2.33. The number of rotatable bonds is 2. The number of halogens is 2. The topological polar surface area (TPSA) is 61.3 Å². The van der Waals surface area contributed by atoms with E-state index in [-0.39, 0.29) is 17.3 Å².